The van der Waals surface area contributed by atoms with Crippen molar-refractivity contribution in [3.63, 3.8) is 0 Å². The summed E-state index contributed by atoms with van der Waals surface area (Å²) in [6, 6.07) is 29.6. The summed E-state index contributed by atoms with van der Waals surface area (Å²) in [7, 11) is 1.55. The third-order valence-corrected chi connectivity index (χ3v) is 9.64. The SMILES string of the molecule is CO[C@H]1O[C@H]([C@H](O)/C=C/[C@H]2O[C@@H]3OC(C)(C)O[C@@H]3[C@H]3OC(C)(C)O[C@H]32)[C@@H](OCc2ccccc2)[C@H](OCc2ccccc2)[C@H]1OCc1ccccc1. The lowest BCUT2D eigenvalue weighted by Gasteiger charge is -2.46. The van der Waals surface area contributed by atoms with Gasteiger partial charge in [-0.15, -0.1) is 0 Å². The Hall–Kier alpha value is -3.04. The van der Waals surface area contributed by atoms with Gasteiger partial charge in [0.1, 0.15) is 54.9 Å². The lowest BCUT2D eigenvalue weighted by Crippen LogP contribution is -2.63. The number of fused-ring (bicyclic) bond motifs is 3. The van der Waals surface area contributed by atoms with Crippen LogP contribution in [0.25, 0.3) is 0 Å². The van der Waals surface area contributed by atoms with Gasteiger partial charge in [0.15, 0.2) is 24.2 Å². The van der Waals surface area contributed by atoms with Crippen LogP contribution < -0.4 is 0 Å². The van der Waals surface area contributed by atoms with E-state index >= 15 is 0 Å². The fraction of sp³-hybridized carbons (Fsp3) is 0.512. The summed E-state index contributed by atoms with van der Waals surface area (Å²) < 4.78 is 63.5. The van der Waals surface area contributed by atoms with Crippen LogP contribution in [0, 0.1) is 0 Å². The fourth-order valence-corrected chi connectivity index (χ4v) is 7.29. The summed E-state index contributed by atoms with van der Waals surface area (Å²) in [6.07, 6.45) is -4.44. The van der Waals surface area contributed by atoms with E-state index in [2.05, 4.69) is 0 Å². The van der Waals surface area contributed by atoms with E-state index in [0.29, 0.717) is 6.61 Å². The fourth-order valence-electron chi connectivity index (χ4n) is 7.29. The first-order valence-corrected chi connectivity index (χ1v) is 18.0. The first-order valence-electron chi connectivity index (χ1n) is 18.0. The molecule has 0 saturated carbocycles. The third-order valence-electron chi connectivity index (χ3n) is 9.64. The van der Waals surface area contributed by atoms with Crippen molar-refractivity contribution < 1.29 is 52.5 Å². The van der Waals surface area contributed by atoms with Gasteiger partial charge in [0.25, 0.3) is 0 Å². The standard InChI is InChI=1S/C41H50O11/c1-40(2)49-32-30(47-39-37(35(32)50-40)51-41(3,4)52-39)22-21-29(42)31-33(44-23-26-15-9-6-10-16-26)34(45-24-27-17-11-7-12-18-27)36(38(43-5)48-31)46-25-28-19-13-8-14-20-28/h6-22,29-39,42H,23-25H2,1-5H3/b22-21+/t29-,30-,31-,32+,33-,34+,35+,36-,37-,38+,39-/m1/s1. The second kappa shape index (κ2) is 16.1. The van der Waals surface area contributed by atoms with E-state index in [1.54, 1.807) is 19.3 Å². The highest BCUT2D eigenvalue weighted by Gasteiger charge is 2.60. The number of hydrogen-bond donors (Lipinski definition) is 1. The molecule has 0 unspecified atom stereocenters. The van der Waals surface area contributed by atoms with Gasteiger partial charge in [-0.05, 0) is 44.4 Å². The number of rotatable bonds is 13. The van der Waals surface area contributed by atoms with Gasteiger partial charge < -0.3 is 52.5 Å². The van der Waals surface area contributed by atoms with Gasteiger partial charge in [-0.3, -0.25) is 0 Å². The number of hydrogen-bond acceptors (Lipinski definition) is 11. The van der Waals surface area contributed by atoms with Crippen LogP contribution in [0.4, 0.5) is 0 Å². The van der Waals surface area contributed by atoms with Gasteiger partial charge in [-0.2, -0.15) is 0 Å². The van der Waals surface area contributed by atoms with Crippen molar-refractivity contribution in [3.05, 3.63) is 120 Å². The van der Waals surface area contributed by atoms with Crippen molar-refractivity contribution in [2.75, 3.05) is 7.11 Å². The lowest BCUT2D eigenvalue weighted by atomic mass is 9.93. The van der Waals surface area contributed by atoms with Crippen molar-refractivity contribution in [1.29, 1.82) is 0 Å². The predicted octanol–water partition coefficient (Wildman–Crippen LogP) is 5.43. The summed E-state index contributed by atoms with van der Waals surface area (Å²) in [5, 5.41) is 12.0. The van der Waals surface area contributed by atoms with Crippen LogP contribution in [-0.4, -0.2) is 91.3 Å². The highest BCUT2D eigenvalue weighted by molar-refractivity contribution is 5.17. The molecule has 11 atom stereocenters. The number of aliphatic hydroxyl groups is 1. The number of benzene rings is 3. The molecule has 0 amide bonds. The number of ether oxygens (including phenoxy) is 10. The largest absolute Gasteiger partial charge is 0.386 e. The van der Waals surface area contributed by atoms with Gasteiger partial charge in [-0.1, -0.05) is 103 Å². The number of aliphatic hydroxyl groups excluding tert-OH is 1. The van der Waals surface area contributed by atoms with Crippen molar-refractivity contribution in [1.82, 2.24) is 0 Å². The molecule has 7 rings (SSSR count). The average Bonchev–Trinajstić information content (AvgIpc) is 3.65. The summed E-state index contributed by atoms with van der Waals surface area (Å²) in [4.78, 5) is 0. The van der Waals surface area contributed by atoms with Gasteiger partial charge in [0, 0.05) is 7.11 Å². The van der Waals surface area contributed by atoms with E-state index < -0.39 is 79.1 Å². The molecule has 3 aromatic rings. The van der Waals surface area contributed by atoms with Gasteiger partial charge in [-0.25, -0.2) is 0 Å². The molecule has 4 aliphatic rings. The lowest BCUT2D eigenvalue weighted by molar-refractivity contribution is -0.326. The zero-order valence-electron chi connectivity index (χ0n) is 30.3. The second-order valence-electron chi connectivity index (χ2n) is 14.5. The number of methoxy groups -OCH3 is 1. The van der Waals surface area contributed by atoms with Gasteiger partial charge in [0.05, 0.1) is 19.8 Å². The van der Waals surface area contributed by atoms with Crippen LogP contribution in [-0.2, 0) is 67.2 Å². The Morgan fingerprint density at radius 2 is 1.10 bits per heavy atom. The second-order valence-corrected chi connectivity index (χ2v) is 14.5. The van der Waals surface area contributed by atoms with E-state index in [1.807, 2.05) is 119 Å². The van der Waals surface area contributed by atoms with Crippen LogP contribution in [0.1, 0.15) is 44.4 Å². The van der Waals surface area contributed by atoms with E-state index in [9.17, 15) is 5.11 Å². The van der Waals surface area contributed by atoms with Crippen molar-refractivity contribution in [2.24, 2.45) is 0 Å². The minimum atomic E-state index is -1.18. The summed E-state index contributed by atoms with van der Waals surface area (Å²) in [5.74, 6) is -1.71. The van der Waals surface area contributed by atoms with Crippen molar-refractivity contribution in [2.45, 2.75) is 127 Å². The molecular weight excluding hydrogens is 668 g/mol. The van der Waals surface area contributed by atoms with Crippen LogP contribution >= 0.6 is 0 Å². The van der Waals surface area contributed by atoms with E-state index in [-0.39, 0.29) is 13.2 Å². The molecule has 0 aromatic heterocycles. The molecule has 11 nitrogen and oxygen atoms in total. The molecule has 4 saturated heterocycles. The summed E-state index contributed by atoms with van der Waals surface area (Å²) in [5.41, 5.74) is 2.93. The quantitative estimate of drug-likeness (QED) is 0.229. The Balaban J connectivity index is 1.17. The van der Waals surface area contributed by atoms with E-state index in [0.717, 1.165) is 16.7 Å². The minimum Gasteiger partial charge on any atom is -0.386 e. The van der Waals surface area contributed by atoms with Gasteiger partial charge in [0.2, 0.25) is 0 Å². The topological polar surface area (TPSA) is 113 Å². The summed E-state index contributed by atoms with van der Waals surface area (Å²) >= 11 is 0. The third kappa shape index (κ3) is 8.67. The maximum absolute atomic E-state index is 12.0. The molecule has 0 spiro atoms. The molecule has 0 bridgehead atoms. The zero-order valence-corrected chi connectivity index (χ0v) is 30.3. The van der Waals surface area contributed by atoms with E-state index in [4.69, 9.17) is 47.4 Å². The average molecular weight is 719 g/mol. The Labute approximate surface area is 305 Å². The Morgan fingerprint density at radius 3 is 1.65 bits per heavy atom. The zero-order chi connectivity index (χ0) is 36.3. The minimum absolute atomic E-state index is 0.252. The molecule has 4 fully saturated rings. The maximum atomic E-state index is 12.0. The Morgan fingerprint density at radius 1 is 0.615 bits per heavy atom. The monoisotopic (exact) mass is 718 g/mol. The normalized spacial score (nSPS) is 34.2. The molecule has 52 heavy (non-hydrogen) atoms. The molecule has 11 heteroatoms. The van der Waals surface area contributed by atoms with Crippen molar-refractivity contribution >= 4 is 0 Å². The highest BCUT2D eigenvalue weighted by atomic mass is 16.9. The van der Waals surface area contributed by atoms with Crippen LogP contribution in [0.15, 0.2) is 103 Å². The van der Waals surface area contributed by atoms with E-state index in [1.165, 1.54) is 0 Å². The molecule has 3 aromatic carbocycles. The molecular formula is C41H50O11. The van der Waals surface area contributed by atoms with Gasteiger partial charge >= 0.3 is 0 Å². The molecule has 1 N–H and O–H groups in total. The Bertz CT molecular complexity index is 1590. The Kier molecular flexibility index (Phi) is 11.6. The molecule has 280 valence electrons. The maximum Gasteiger partial charge on any atom is 0.190 e. The van der Waals surface area contributed by atoms with Crippen LogP contribution in [0.5, 0.6) is 0 Å². The molecule has 4 aliphatic heterocycles. The summed E-state index contributed by atoms with van der Waals surface area (Å²) in [6.45, 7) is 8.23. The first kappa shape index (κ1) is 37.3. The molecule has 0 radical (unpaired) electrons. The highest BCUT2D eigenvalue weighted by Crippen LogP contribution is 2.44. The van der Waals surface area contributed by atoms with Crippen LogP contribution in [0.3, 0.4) is 0 Å². The van der Waals surface area contributed by atoms with Crippen molar-refractivity contribution in [3.8, 4) is 0 Å². The smallest absolute Gasteiger partial charge is 0.190 e. The van der Waals surface area contributed by atoms with Crippen LogP contribution in [0.2, 0.25) is 0 Å². The first-order chi connectivity index (χ1) is 25.1. The molecule has 4 heterocycles. The predicted molar refractivity (Wildman–Crippen MR) is 188 cm³/mol. The molecule has 0 aliphatic carbocycles.